The summed E-state index contributed by atoms with van der Waals surface area (Å²) in [5.74, 6) is 0. The van der Waals surface area contributed by atoms with Gasteiger partial charge in [0.15, 0.2) is 6.29 Å². The molecule has 0 spiro atoms. The Morgan fingerprint density at radius 3 is 2.44 bits per heavy atom. The van der Waals surface area contributed by atoms with Crippen LogP contribution in [0.15, 0.2) is 29.2 Å². The van der Waals surface area contributed by atoms with E-state index in [0.717, 1.165) is 6.29 Å². The fourth-order valence-corrected chi connectivity index (χ4v) is 0.773. The molecule has 0 heterocycles. The highest BCUT2D eigenvalue weighted by atomic mass is 32.1. The molecule has 0 fully saturated rings. The van der Waals surface area contributed by atoms with E-state index in [1.165, 1.54) is 0 Å². The standard InChI is InChI=1S/C7H5OS/c8-5-6-3-1-2-4-7(6)9/h1-5H. The van der Waals surface area contributed by atoms with Crippen molar-refractivity contribution in [1.29, 1.82) is 0 Å². The number of rotatable bonds is 1. The molecule has 1 radical (unpaired) electrons. The molecule has 2 heteroatoms. The van der Waals surface area contributed by atoms with Gasteiger partial charge >= 0.3 is 0 Å². The smallest absolute Gasteiger partial charge is 0.151 e. The maximum absolute atomic E-state index is 10.2. The first-order valence-corrected chi connectivity index (χ1v) is 2.96. The average Bonchev–Trinajstić information content (AvgIpc) is 1.89. The zero-order chi connectivity index (χ0) is 6.69. The maximum atomic E-state index is 10.2. The van der Waals surface area contributed by atoms with Crippen molar-refractivity contribution in [2.45, 2.75) is 4.90 Å². The third-order valence-corrected chi connectivity index (χ3v) is 1.42. The van der Waals surface area contributed by atoms with Crippen LogP contribution in [-0.2, 0) is 0 Å². The molecule has 0 aliphatic heterocycles. The molecule has 1 rings (SSSR count). The predicted molar refractivity (Wildman–Crippen MR) is 37.7 cm³/mol. The van der Waals surface area contributed by atoms with Crippen LogP contribution in [0.3, 0.4) is 0 Å². The van der Waals surface area contributed by atoms with E-state index in [9.17, 15) is 4.79 Å². The summed E-state index contributed by atoms with van der Waals surface area (Å²) in [4.78, 5) is 10.8. The lowest BCUT2D eigenvalue weighted by molar-refractivity contribution is 0.112. The van der Waals surface area contributed by atoms with Gasteiger partial charge in [0.1, 0.15) is 0 Å². The molecule has 0 aliphatic rings. The van der Waals surface area contributed by atoms with Gasteiger partial charge in [0.25, 0.3) is 0 Å². The third kappa shape index (κ3) is 1.27. The number of hydrogen-bond acceptors (Lipinski definition) is 1. The van der Waals surface area contributed by atoms with Gasteiger partial charge < -0.3 is 0 Å². The maximum Gasteiger partial charge on any atom is 0.151 e. The molecule has 45 valence electrons. The first kappa shape index (κ1) is 6.23. The molecule has 0 aliphatic carbocycles. The zero-order valence-corrected chi connectivity index (χ0v) is 5.52. The van der Waals surface area contributed by atoms with E-state index in [4.69, 9.17) is 12.6 Å². The molecule has 0 N–H and O–H groups in total. The Morgan fingerprint density at radius 2 is 2.00 bits per heavy atom. The molecule has 0 aromatic heterocycles. The topological polar surface area (TPSA) is 17.1 Å². The molecular formula is C7H5OS. The summed E-state index contributed by atoms with van der Waals surface area (Å²) >= 11 is 4.82. The Labute approximate surface area is 59.1 Å². The minimum absolute atomic E-state index is 0.590. The van der Waals surface area contributed by atoms with Gasteiger partial charge in [-0.3, -0.25) is 4.79 Å². The van der Waals surface area contributed by atoms with Crippen LogP contribution in [0.5, 0.6) is 0 Å². The number of benzene rings is 1. The van der Waals surface area contributed by atoms with E-state index in [1.54, 1.807) is 18.2 Å². The van der Waals surface area contributed by atoms with Crippen LogP contribution >= 0.6 is 12.6 Å². The quantitative estimate of drug-likeness (QED) is 0.541. The van der Waals surface area contributed by atoms with Crippen molar-refractivity contribution in [1.82, 2.24) is 0 Å². The molecule has 0 saturated carbocycles. The highest BCUT2D eigenvalue weighted by Crippen LogP contribution is 2.09. The normalized spacial score (nSPS) is 8.89. The van der Waals surface area contributed by atoms with E-state index in [1.807, 2.05) is 6.07 Å². The molecule has 1 nitrogen and oxygen atoms in total. The summed E-state index contributed by atoms with van der Waals surface area (Å²) in [6.45, 7) is 0. The van der Waals surface area contributed by atoms with Gasteiger partial charge in [0.05, 0.1) is 0 Å². The average molecular weight is 137 g/mol. The van der Waals surface area contributed by atoms with Crippen LogP contribution in [0.25, 0.3) is 0 Å². The second-order valence-electron chi connectivity index (χ2n) is 1.66. The second-order valence-corrected chi connectivity index (χ2v) is 2.10. The van der Waals surface area contributed by atoms with Gasteiger partial charge in [-0.15, -0.1) is 0 Å². The molecular weight excluding hydrogens is 132 g/mol. The number of hydrogen-bond donors (Lipinski definition) is 0. The third-order valence-electron chi connectivity index (χ3n) is 1.05. The first-order valence-electron chi connectivity index (χ1n) is 2.56. The molecule has 1 aromatic carbocycles. The zero-order valence-electron chi connectivity index (χ0n) is 4.70. The van der Waals surface area contributed by atoms with E-state index < -0.39 is 0 Å². The second kappa shape index (κ2) is 2.60. The van der Waals surface area contributed by atoms with Crippen LogP contribution in [0.2, 0.25) is 0 Å². The van der Waals surface area contributed by atoms with Gasteiger partial charge in [-0.1, -0.05) is 30.8 Å². The predicted octanol–water partition coefficient (Wildman–Crippen LogP) is 2.06. The van der Waals surface area contributed by atoms with Crippen LogP contribution in [0, 0.1) is 0 Å². The van der Waals surface area contributed by atoms with Crippen LogP contribution in [-0.4, -0.2) is 6.29 Å². The first-order chi connectivity index (χ1) is 4.34. The number of carbonyl (C=O) groups is 1. The van der Waals surface area contributed by atoms with Crippen molar-refractivity contribution < 1.29 is 4.79 Å². The van der Waals surface area contributed by atoms with Crippen molar-refractivity contribution in [3.8, 4) is 0 Å². The summed E-state index contributed by atoms with van der Waals surface area (Å²) in [5.41, 5.74) is 0.590. The summed E-state index contributed by atoms with van der Waals surface area (Å²) in [6.07, 6.45) is 0.766. The Bertz CT molecular complexity index is 220. The van der Waals surface area contributed by atoms with E-state index in [0.29, 0.717) is 10.5 Å². The summed E-state index contributed by atoms with van der Waals surface area (Å²) < 4.78 is 0. The SMILES string of the molecule is O=Cc1ccccc1[S]. The molecule has 1 aromatic rings. The monoisotopic (exact) mass is 137 g/mol. The van der Waals surface area contributed by atoms with Gasteiger partial charge in [-0.25, -0.2) is 0 Å². The minimum Gasteiger partial charge on any atom is -0.298 e. The highest BCUT2D eigenvalue weighted by molar-refractivity contribution is 7.80. The van der Waals surface area contributed by atoms with E-state index in [-0.39, 0.29) is 0 Å². The summed E-state index contributed by atoms with van der Waals surface area (Å²) in [7, 11) is 0. The molecule has 9 heavy (non-hydrogen) atoms. The van der Waals surface area contributed by atoms with Gasteiger partial charge in [0, 0.05) is 10.5 Å². The van der Waals surface area contributed by atoms with Gasteiger partial charge in [-0.05, 0) is 6.07 Å². The van der Waals surface area contributed by atoms with E-state index >= 15 is 0 Å². The van der Waals surface area contributed by atoms with Crippen molar-refractivity contribution in [2.24, 2.45) is 0 Å². The molecule has 0 unspecified atom stereocenters. The van der Waals surface area contributed by atoms with Gasteiger partial charge in [0.2, 0.25) is 0 Å². The lowest BCUT2D eigenvalue weighted by atomic mass is 10.2. The lowest BCUT2D eigenvalue weighted by Crippen LogP contribution is -1.78. The lowest BCUT2D eigenvalue weighted by Gasteiger charge is -1.90. The highest BCUT2D eigenvalue weighted by Gasteiger charge is 1.92. The Hall–Kier alpha value is -0.890. The molecule has 0 saturated heterocycles. The number of carbonyl (C=O) groups excluding carboxylic acids is 1. The summed E-state index contributed by atoms with van der Waals surface area (Å²) in [6, 6.07) is 7.04. The van der Waals surface area contributed by atoms with Crippen LogP contribution in [0.1, 0.15) is 10.4 Å². The minimum atomic E-state index is 0.590. The number of aldehydes is 1. The van der Waals surface area contributed by atoms with E-state index in [2.05, 4.69) is 0 Å². The fraction of sp³-hybridized carbons (Fsp3) is 0. The fourth-order valence-electron chi connectivity index (χ4n) is 0.578. The van der Waals surface area contributed by atoms with Crippen molar-refractivity contribution in [3.63, 3.8) is 0 Å². The summed E-state index contributed by atoms with van der Waals surface area (Å²) in [5, 5.41) is 0. The Kier molecular flexibility index (Phi) is 1.80. The van der Waals surface area contributed by atoms with Crippen molar-refractivity contribution in [3.05, 3.63) is 29.8 Å². The molecule has 0 bridgehead atoms. The van der Waals surface area contributed by atoms with Crippen molar-refractivity contribution in [2.75, 3.05) is 0 Å². The molecule has 0 amide bonds. The van der Waals surface area contributed by atoms with Crippen LogP contribution in [0.4, 0.5) is 0 Å². The molecule has 0 atom stereocenters. The largest absolute Gasteiger partial charge is 0.298 e. The Balaban J connectivity index is 3.15. The van der Waals surface area contributed by atoms with Gasteiger partial charge in [-0.2, -0.15) is 0 Å². The van der Waals surface area contributed by atoms with Crippen LogP contribution < -0.4 is 0 Å². The van der Waals surface area contributed by atoms with Crippen molar-refractivity contribution >= 4 is 18.9 Å². The Morgan fingerprint density at radius 1 is 1.33 bits per heavy atom.